The molecule has 28 heavy (non-hydrogen) atoms. The van der Waals surface area contributed by atoms with E-state index in [2.05, 4.69) is 5.32 Å². The Morgan fingerprint density at radius 2 is 1.89 bits per heavy atom. The molecule has 0 spiro atoms. The molecule has 0 fully saturated rings. The van der Waals surface area contributed by atoms with Gasteiger partial charge in [-0.05, 0) is 48.2 Å². The van der Waals surface area contributed by atoms with Crippen molar-refractivity contribution in [3.8, 4) is 5.75 Å². The van der Waals surface area contributed by atoms with E-state index in [0.717, 1.165) is 23.1 Å². The average molecular weight is 405 g/mol. The summed E-state index contributed by atoms with van der Waals surface area (Å²) >= 11 is 1.56. The summed E-state index contributed by atoms with van der Waals surface area (Å²) in [5.74, 6) is -3.12. The molecule has 3 N–H and O–H groups in total. The molecule has 8 heteroatoms. The molecule has 0 saturated carbocycles. The Bertz CT molecular complexity index is 869. The molecule has 2 aromatic rings. The van der Waals surface area contributed by atoms with Gasteiger partial charge in [0.15, 0.2) is 11.6 Å². The quantitative estimate of drug-likeness (QED) is 0.451. The highest BCUT2D eigenvalue weighted by Gasteiger charge is 2.23. The number of nitrogens with one attached hydrogen (secondary N) is 1. The predicted molar refractivity (Wildman–Crippen MR) is 105 cm³/mol. The highest BCUT2D eigenvalue weighted by molar-refractivity contribution is 7.98. The van der Waals surface area contributed by atoms with Crippen LogP contribution in [0.5, 0.6) is 5.75 Å². The number of aliphatic carboxylic acids is 1. The third-order valence-electron chi connectivity index (χ3n) is 3.89. The van der Waals surface area contributed by atoms with Gasteiger partial charge in [0.2, 0.25) is 0 Å². The van der Waals surface area contributed by atoms with Crippen molar-refractivity contribution in [3.63, 3.8) is 0 Å². The summed E-state index contributed by atoms with van der Waals surface area (Å²) in [6.45, 7) is 1.63. The Labute approximate surface area is 166 Å². The summed E-state index contributed by atoms with van der Waals surface area (Å²) in [4.78, 5) is 24.1. The Kier molecular flexibility index (Phi) is 7.45. The number of thioether (sulfide) groups is 1. The highest BCUT2D eigenvalue weighted by Crippen LogP contribution is 2.30. The smallest absolute Gasteiger partial charge is 0.412 e. The van der Waals surface area contributed by atoms with Crippen molar-refractivity contribution in [1.82, 2.24) is 0 Å². The molecule has 2 aromatic carbocycles. The van der Waals surface area contributed by atoms with Crippen molar-refractivity contribution >= 4 is 29.5 Å². The topological polar surface area (TPSA) is 95.9 Å². The van der Waals surface area contributed by atoms with Crippen molar-refractivity contribution in [1.29, 1.82) is 0 Å². The Morgan fingerprint density at radius 1 is 1.21 bits per heavy atom. The first kappa shape index (κ1) is 21.3. The third-order valence-corrected chi connectivity index (χ3v) is 4.63. The number of carboxylic acid groups (broad SMARTS) is 1. The van der Waals surface area contributed by atoms with Crippen LogP contribution >= 0.6 is 11.8 Å². The lowest BCUT2D eigenvalue weighted by Crippen LogP contribution is -2.21. The first-order chi connectivity index (χ1) is 13.3. The largest absolute Gasteiger partial charge is 0.505 e. The lowest BCUT2D eigenvalue weighted by molar-refractivity contribution is -0.131. The van der Waals surface area contributed by atoms with Gasteiger partial charge in [0.25, 0.3) is 0 Å². The number of ether oxygens (including phenoxy) is 1. The summed E-state index contributed by atoms with van der Waals surface area (Å²) in [6, 6.07) is 10.7. The maximum atomic E-state index is 13.8. The van der Waals surface area contributed by atoms with Crippen LogP contribution in [-0.2, 0) is 9.53 Å². The second-order valence-corrected chi connectivity index (χ2v) is 6.83. The number of hydrogen-bond acceptors (Lipinski definition) is 5. The molecular formula is C20H20FNO5S. The number of halogens is 1. The van der Waals surface area contributed by atoms with E-state index in [1.807, 2.05) is 18.4 Å². The molecule has 0 heterocycles. The molecule has 1 amide bonds. The lowest BCUT2D eigenvalue weighted by Gasteiger charge is -2.23. The van der Waals surface area contributed by atoms with E-state index in [9.17, 15) is 19.1 Å². The van der Waals surface area contributed by atoms with Gasteiger partial charge in [0.1, 0.15) is 6.10 Å². The summed E-state index contributed by atoms with van der Waals surface area (Å²) < 4.78 is 19.2. The predicted octanol–water partition coefficient (Wildman–Crippen LogP) is 4.82. The van der Waals surface area contributed by atoms with Crippen molar-refractivity contribution in [2.24, 2.45) is 5.92 Å². The second kappa shape index (κ2) is 9.80. The minimum atomic E-state index is -1.15. The minimum Gasteiger partial charge on any atom is -0.505 e. The standard InChI is InChI=1S/C20H20FNO5S/c1-12(3-10-18(24)25)19(13-4-9-17(23)16(21)11-13)27-20(26)22-14-5-7-15(28-2)8-6-14/h3-12,19,23H,1-2H3,(H,22,26)(H,24,25)/b10-3+/t12-,19+/m0/s1. The SMILES string of the molecule is CSc1ccc(NC(=O)O[C@@H](c2ccc(O)c(F)c2)[C@@H](C)/C=C/C(=O)O)cc1. The van der Waals surface area contributed by atoms with Crippen LogP contribution in [0, 0.1) is 11.7 Å². The van der Waals surface area contributed by atoms with Gasteiger partial charge in [-0.15, -0.1) is 11.8 Å². The van der Waals surface area contributed by atoms with Crippen molar-refractivity contribution in [2.45, 2.75) is 17.9 Å². The zero-order chi connectivity index (χ0) is 20.7. The van der Waals surface area contributed by atoms with Crippen molar-refractivity contribution in [3.05, 3.63) is 66.0 Å². The summed E-state index contributed by atoms with van der Waals surface area (Å²) in [6.07, 6.45) is 2.47. The number of anilines is 1. The van der Waals surface area contributed by atoms with Crippen LogP contribution in [0.25, 0.3) is 0 Å². The van der Waals surface area contributed by atoms with E-state index in [1.165, 1.54) is 12.1 Å². The van der Waals surface area contributed by atoms with Crippen LogP contribution in [0.15, 0.2) is 59.5 Å². The van der Waals surface area contributed by atoms with Gasteiger partial charge < -0.3 is 14.9 Å². The average Bonchev–Trinajstić information content (AvgIpc) is 2.67. The normalized spacial score (nSPS) is 13.1. The molecule has 0 aliphatic carbocycles. The number of phenolic OH excluding ortho intramolecular Hbond substituents is 1. The van der Waals surface area contributed by atoms with Gasteiger partial charge in [-0.25, -0.2) is 14.0 Å². The van der Waals surface area contributed by atoms with E-state index in [1.54, 1.807) is 30.8 Å². The van der Waals surface area contributed by atoms with E-state index in [-0.39, 0.29) is 5.56 Å². The van der Waals surface area contributed by atoms with E-state index in [0.29, 0.717) is 5.69 Å². The molecule has 6 nitrogen and oxygen atoms in total. The third kappa shape index (κ3) is 6.02. The Balaban J connectivity index is 2.20. The molecule has 0 bridgehead atoms. The van der Waals surface area contributed by atoms with E-state index >= 15 is 0 Å². The molecular weight excluding hydrogens is 385 g/mol. The molecule has 148 valence electrons. The second-order valence-electron chi connectivity index (χ2n) is 5.95. The molecule has 0 aliphatic rings. The lowest BCUT2D eigenvalue weighted by atomic mass is 9.96. The number of aromatic hydroxyl groups is 1. The number of carbonyl (C=O) groups excluding carboxylic acids is 1. The van der Waals surface area contributed by atoms with E-state index < -0.39 is 35.7 Å². The Morgan fingerprint density at radius 3 is 2.46 bits per heavy atom. The Hall–Kier alpha value is -3.00. The van der Waals surface area contributed by atoms with E-state index in [4.69, 9.17) is 9.84 Å². The number of carboxylic acids is 1. The summed E-state index contributed by atoms with van der Waals surface area (Å²) in [7, 11) is 0. The number of rotatable bonds is 7. The fourth-order valence-corrected chi connectivity index (χ4v) is 2.86. The molecule has 0 saturated heterocycles. The monoisotopic (exact) mass is 405 g/mol. The van der Waals surface area contributed by atoms with Crippen LogP contribution < -0.4 is 5.32 Å². The zero-order valence-corrected chi connectivity index (χ0v) is 16.1. The van der Waals surface area contributed by atoms with Crippen LogP contribution in [0.1, 0.15) is 18.6 Å². The van der Waals surface area contributed by atoms with Gasteiger partial charge in [-0.1, -0.05) is 19.1 Å². The number of amides is 1. The van der Waals surface area contributed by atoms with Crippen molar-refractivity contribution < 1.29 is 28.9 Å². The number of phenols is 1. The molecule has 2 rings (SSSR count). The summed E-state index contributed by atoms with van der Waals surface area (Å²) in [5, 5.41) is 20.8. The van der Waals surface area contributed by atoms with Crippen molar-refractivity contribution in [2.75, 3.05) is 11.6 Å². The van der Waals surface area contributed by atoms with Crippen LogP contribution in [0.4, 0.5) is 14.9 Å². The van der Waals surface area contributed by atoms with Crippen LogP contribution in [-0.4, -0.2) is 28.5 Å². The van der Waals surface area contributed by atoms with Gasteiger partial charge in [-0.2, -0.15) is 0 Å². The van der Waals surface area contributed by atoms with Gasteiger partial charge >= 0.3 is 12.1 Å². The maximum Gasteiger partial charge on any atom is 0.412 e. The van der Waals surface area contributed by atoms with Crippen LogP contribution in [0.3, 0.4) is 0 Å². The van der Waals surface area contributed by atoms with Gasteiger partial charge in [0, 0.05) is 22.6 Å². The number of hydrogen-bond donors (Lipinski definition) is 3. The first-order valence-corrected chi connectivity index (χ1v) is 9.54. The van der Waals surface area contributed by atoms with Crippen LogP contribution in [0.2, 0.25) is 0 Å². The van der Waals surface area contributed by atoms with Gasteiger partial charge in [-0.3, -0.25) is 5.32 Å². The fourth-order valence-electron chi connectivity index (χ4n) is 2.45. The molecule has 0 radical (unpaired) electrons. The van der Waals surface area contributed by atoms with Gasteiger partial charge in [0.05, 0.1) is 0 Å². The minimum absolute atomic E-state index is 0.283. The fraction of sp³-hybridized carbons (Fsp3) is 0.200. The molecule has 0 unspecified atom stereocenters. The number of benzene rings is 2. The highest BCUT2D eigenvalue weighted by atomic mass is 32.2. The molecule has 0 aromatic heterocycles. The molecule has 0 aliphatic heterocycles. The maximum absolute atomic E-state index is 13.8. The first-order valence-electron chi connectivity index (χ1n) is 8.31. The summed E-state index contributed by atoms with van der Waals surface area (Å²) in [5.41, 5.74) is 0.804. The number of carbonyl (C=O) groups is 2. The zero-order valence-electron chi connectivity index (χ0n) is 15.3. The molecule has 2 atom stereocenters.